The molecule has 5 saturated carbocycles. The molecule has 0 aromatic heterocycles. The maximum absolute atomic E-state index is 12.2. The van der Waals surface area contributed by atoms with Crippen molar-refractivity contribution in [2.24, 2.45) is 29.1 Å². The van der Waals surface area contributed by atoms with Gasteiger partial charge in [0.05, 0.1) is 0 Å². The summed E-state index contributed by atoms with van der Waals surface area (Å²) in [6.07, 6.45) is 17.7. The van der Waals surface area contributed by atoms with Crippen LogP contribution in [-0.4, -0.2) is 12.1 Å². The van der Waals surface area contributed by atoms with Gasteiger partial charge in [0, 0.05) is 12.2 Å². The van der Waals surface area contributed by atoms with E-state index in [-0.39, 0.29) is 6.03 Å². The minimum absolute atomic E-state index is 0.0116. The van der Waals surface area contributed by atoms with Crippen LogP contribution < -0.4 is 10.6 Å². The van der Waals surface area contributed by atoms with E-state index in [1.165, 1.54) is 64.2 Å². The van der Waals surface area contributed by atoms with Crippen molar-refractivity contribution < 1.29 is 4.79 Å². The summed E-state index contributed by atoms with van der Waals surface area (Å²) < 4.78 is 0. The first-order valence-corrected chi connectivity index (χ1v) is 9.87. The molecule has 128 valence electrons. The van der Waals surface area contributed by atoms with Gasteiger partial charge in [-0.15, -0.1) is 0 Å². The molecule has 0 saturated heterocycles. The van der Waals surface area contributed by atoms with Crippen LogP contribution in [0, 0.1) is 29.1 Å². The van der Waals surface area contributed by atoms with Crippen molar-refractivity contribution in [1.29, 1.82) is 0 Å². The summed E-state index contributed by atoms with van der Waals surface area (Å²) in [6.45, 7) is 2.24. The molecule has 5 rings (SSSR count). The van der Waals surface area contributed by atoms with Gasteiger partial charge in [0.2, 0.25) is 0 Å². The summed E-state index contributed by atoms with van der Waals surface area (Å²) in [5.41, 5.74) is 0.390. The van der Waals surface area contributed by atoms with Gasteiger partial charge in [0.1, 0.15) is 0 Å². The first kappa shape index (κ1) is 15.5. The zero-order chi connectivity index (χ0) is 15.9. The fourth-order valence-electron chi connectivity index (χ4n) is 6.51. The van der Waals surface area contributed by atoms with Crippen LogP contribution >= 0.6 is 0 Å². The third kappa shape index (κ3) is 3.16. The van der Waals surface area contributed by atoms with Gasteiger partial charge in [-0.3, -0.25) is 0 Å². The summed E-state index contributed by atoms with van der Waals surface area (Å²) in [4.78, 5) is 12.2. The quantitative estimate of drug-likeness (QED) is 0.782. The Morgan fingerprint density at radius 3 is 2.17 bits per heavy atom. The van der Waals surface area contributed by atoms with Gasteiger partial charge < -0.3 is 10.6 Å². The Bertz CT molecular complexity index is 443. The third-order valence-corrected chi connectivity index (χ3v) is 7.33. The van der Waals surface area contributed by atoms with Crippen molar-refractivity contribution in [3.8, 4) is 0 Å². The van der Waals surface area contributed by atoms with Crippen LogP contribution in [0.1, 0.15) is 71.1 Å². The van der Waals surface area contributed by atoms with E-state index in [4.69, 9.17) is 0 Å². The van der Waals surface area contributed by atoms with Crippen LogP contribution in [0.3, 0.4) is 0 Å². The number of allylic oxidation sites excluding steroid dienone is 1. The highest BCUT2D eigenvalue weighted by Gasteiger charge is 2.53. The molecule has 0 heterocycles. The molecule has 2 amide bonds. The minimum Gasteiger partial charge on any atom is -0.335 e. The van der Waals surface area contributed by atoms with Crippen molar-refractivity contribution in [2.45, 2.75) is 77.2 Å². The second kappa shape index (κ2) is 6.14. The molecule has 0 aromatic rings. The average Bonchev–Trinajstić information content (AvgIpc) is 2.99. The van der Waals surface area contributed by atoms with Gasteiger partial charge in [-0.2, -0.15) is 0 Å². The molecule has 2 N–H and O–H groups in total. The Hall–Kier alpha value is -0.990. The zero-order valence-corrected chi connectivity index (χ0v) is 14.5. The molecule has 0 aliphatic heterocycles. The number of hydrogen-bond acceptors (Lipinski definition) is 1. The first-order valence-electron chi connectivity index (χ1n) is 9.87. The van der Waals surface area contributed by atoms with Crippen molar-refractivity contribution in [2.75, 3.05) is 0 Å². The van der Waals surface area contributed by atoms with E-state index in [0.717, 1.165) is 17.8 Å². The third-order valence-electron chi connectivity index (χ3n) is 7.33. The van der Waals surface area contributed by atoms with E-state index in [0.29, 0.717) is 17.4 Å². The number of carbonyl (C=O) groups is 1. The SMILES string of the molecule is CC(NC(=O)N/C=C/C1CCCC1)C12CC3CC(CC(C3)C1)C2. The lowest BCUT2D eigenvalue weighted by molar-refractivity contribution is -0.0681. The molecule has 0 spiro atoms. The minimum atomic E-state index is -0.0116. The highest BCUT2D eigenvalue weighted by molar-refractivity contribution is 5.75. The van der Waals surface area contributed by atoms with Gasteiger partial charge in [0.25, 0.3) is 0 Å². The molecule has 5 aliphatic rings. The van der Waals surface area contributed by atoms with E-state index in [1.54, 1.807) is 0 Å². The smallest absolute Gasteiger partial charge is 0.318 e. The Balaban J connectivity index is 1.30. The maximum atomic E-state index is 12.2. The summed E-state index contributed by atoms with van der Waals surface area (Å²) in [5, 5.41) is 6.20. The van der Waals surface area contributed by atoms with Crippen LogP contribution in [0.2, 0.25) is 0 Å². The van der Waals surface area contributed by atoms with Gasteiger partial charge in [-0.1, -0.05) is 18.9 Å². The topological polar surface area (TPSA) is 41.1 Å². The van der Waals surface area contributed by atoms with Crippen molar-refractivity contribution in [3.05, 3.63) is 12.3 Å². The standard InChI is InChI=1S/C20H32N2O/c1-14(22-19(23)21-7-6-15-4-2-3-5-15)20-11-16-8-17(12-20)10-18(9-16)13-20/h6-7,14-18H,2-5,8-13H2,1H3,(H2,21,22,23)/b7-6+. The van der Waals surface area contributed by atoms with E-state index in [9.17, 15) is 4.79 Å². The summed E-state index contributed by atoms with van der Waals surface area (Å²) in [5.74, 6) is 3.50. The van der Waals surface area contributed by atoms with Crippen LogP contribution in [-0.2, 0) is 0 Å². The average molecular weight is 316 g/mol. The normalized spacial score (nSPS) is 40.7. The largest absolute Gasteiger partial charge is 0.335 e. The molecule has 1 unspecified atom stereocenters. The Morgan fingerprint density at radius 2 is 1.61 bits per heavy atom. The molecule has 1 atom stereocenters. The molecule has 3 nitrogen and oxygen atoms in total. The Labute approximate surface area is 140 Å². The van der Waals surface area contributed by atoms with E-state index < -0.39 is 0 Å². The lowest BCUT2D eigenvalue weighted by atomic mass is 9.48. The molecule has 0 radical (unpaired) electrons. The number of urea groups is 1. The molecule has 3 heteroatoms. The molecule has 5 fully saturated rings. The maximum Gasteiger partial charge on any atom is 0.318 e. The van der Waals surface area contributed by atoms with E-state index in [2.05, 4.69) is 23.6 Å². The summed E-state index contributed by atoms with van der Waals surface area (Å²) in [7, 11) is 0. The summed E-state index contributed by atoms with van der Waals surface area (Å²) in [6, 6.07) is 0.290. The predicted molar refractivity (Wildman–Crippen MR) is 92.8 cm³/mol. The molecule has 23 heavy (non-hydrogen) atoms. The van der Waals surface area contributed by atoms with Crippen molar-refractivity contribution in [3.63, 3.8) is 0 Å². The highest BCUT2D eigenvalue weighted by Crippen LogP contribution is 2.61. The monoisotopic (exact) mass is 316 g/mol. The lowest BCUT2D eigenvalue weighted by Gasteiger charge is -2.59. The van der Waals surface area contributed by atoms with Gasteiger partial charge in [-0.25, -0.2) is 4.79 Å². The first-order chi connectivity index (χ1) is 11.1. The molecule has 0 aromatic carbocycles. The fourth-order valence-corrected chi connectivity index (χ4v) is 6.51. The van der Waals surface area contributed by atoms with Crippen LogP contribution in [0.4, 0.5) is 4.79 Å². The number of rotatable bonds is 4. The van der Waals surface area contributed by atoms with Crippen LogP contribution in [0.25, 0.3) is 0 Å². The van der Waals surface area contributed by atoms with E-state index in [1.807, 2.05) is 6.20 Å². The fraction of sp³-hybridized carbons (Fsp3) is 0.850. The summed E-state index contributed by atoms with van der Waals surface area (Å²) >= 11 is 0. The van der Waals surface area contributed by atoms with Gasteiger partial charge in [0.15, 0.2) is 0 Å². The van der Waals surface area contributed by atoms with Crippen molar-refractivity contribution >= 4 is 6.03 Å². The Morgan fingerprint density at radius 1 is 1.04 bits per heavy atom. The highest BCUT2D eigenvalue weighted by atomic mass is 16.2. The van der Waals surface area contributed by atoms with Crippen LogP contribution in [0.15, 0.2) is 12.3 Å². The zero-order valence-electron chi connectivity index (χ0n) is 14.5. The number of carbonyl (C=O) groups excluding carboxylic acids is 1. The van der Waals surface area contributed by atoms with Crippen LogP contribution in [0.5, 0.6) is 0 Å². The second-order valence-corrected chi connectivity index (χ2v) is 9.02. The van der Waals surface area contributed by atoms with Gasteiger partial charge >= 0.3 is 6.03 Å². The second-order valence-electron chi connectivity index (χ2n) is 9.02. The molecule has 5 aliphatic carbocycles. The molecular formula is C20H32N2O. The molecule has 4 bridgehead atoms. The van der Waals surface area contributed by atoms with Gasteiger partial charge in [-0.05, 0) is 87.4 Å². The predicted octanol–water partition coefficient (Wildman–Crippen LogP) is 4.59. The van der Waals surface area contributed by atoms with Crippen molar-refractivity contribution in [1.82, 2.24) is 10.6 Å². The van der Waals surface area contributed by atoms with E-state index >= 15 is 0 Å². The number of hydrogen-bond donors (Lipinski definition) is 2. The lowest BCUT2D eigenvalue weighted by Crippen LogP contribution is -2.56. The number of amides is 2. The Kier molecular flexibility index (Phi) is 4.15. The molecular weight excluding hydrogens is 284 g/mol. The number of nitrogens with one attached hydrogen (secondary N) is 2.